The van der Waals surface area contributed by atoms with E-state index in [4.69, 9.17) is 4.74 Å². The fourth-order valence-corrected chi connectivity index (χ4v) is 3.21. The van der Waals surface area contributed by atoms with Gasteiger partial charge in [0.15, 0.2) is 5.54 Å². The van der Waals surface area contributed by atoms with E-state index >= 15 is 0 Å². The van der Waals surface area contributed by atoms with E-state index in [9.17, 15) is 14.4 Å². The van der Waals surface area contributed by atoms with Gasteiger partial charge in [0.2, 0.25) is 0 Å². The number of carbonyl (C=O) groups excluding carboxylic acids is 3. The Morgan fingerprint density at radius 2 is 2.00 bits per heavy atom. The average Bonchev–Trinajstić information content (AvgIpc) is 2.70. The zero-order valence-electron chi connectivity index (χ0n) is 13.1. The zero-order valence-corrected chi connectivity index (χ0v) is 13.1. The standard InChI is InChI=1S/C16H17N3O4/c1-4-23-13(20)12-9(2)17-15(22)18-16(12)10-7-5-6-8-11(10)19(3)14(16)21/h5-8H,4H2,1-3H3,(H2,17,18,22)/t16-/m0/s1. The fourth-order valence-electron chi connectivity index (χ4n) is 3.21. The first-order valence-corrected chi connectivity index (χ1v) is 7.28. The van der Waals surface area contributed by atoms with Crippen LogP contribution in [0.4, 0.5) is 10.5 Å². The van der Waals surface area contributed by atoms with Gasteiger partial charge >= 0.3 is 12.0 Å². The van der Waals surface area contributed by atoms with E-state index in [-0.39, 0.29) is 12.2 Å². The Hall–Kier alpha value is -2.83. The summed E-state index contributed by atoms with van der Waals surface area (Å²) in [6.07, 6.45) is 0. The minimum absolute atomic E-state index is 0.112. The number of hydrogen-bond acceptors (Lipinski definition) is 4. The Morgan fingerprint density at radius 1 is 1.30 bits per heavy atom. The number of amides is 3. The number of hydrogen-bond donors (Lipinski definition) is 2. The van der Waals surface area contributed by atoms with Crippen LogP contribution in [-0.4, -0.2) is 31.6 Å². The maximum absolute atomic E-state index is 13.0. The minimum Gasteiger partial charge on any atom is -0.462 e. The highest BCUT2D eigenvalue weighted by atomic mass is 16.5. The molecule has 2 heterocycles. The summed E-state index contributed by atoms with van der Waals surface area (Å²) < 4.78 is 5.11. The number of likely N-dealkylation sites (N-methyl/N-ethyl adjacent to an activating group) is 1. The van der Waals surface area contributed by atoms with Gasteiger partial charge in [-0.2, -0.15) is 0 Å². The van der Waals surface area contributed by atoms with Crippen molar-refractivity contribution >= 4 is 23.6 Å². The van der Waals surface area contributed by atoms with Crippen molar-refractivity contribution in [3.63, 3.8) is 0 Å². The Labute approximate surface area is 133 Å². The van der Waals surface area contributed by atoms with Crippen molar-refractivity contribution in [1.29, 1.82) is 0 Å². The topological polar surface area (TPSA) is 87.7 Å². The average molecular weight is 315 g/mol. The number of urea groups is 1. The van der Waals surface area contributed by atoms with E-state index in [1.807, 2.05) is 0 Å². The number of rotatable bonds is 2. The number of fused-ring (bicyclic) bond motifs is 2. The van der Waals surface area contributed by atoms with Crippen LogP contribution in [0.2, 0.25) is 0 Å². The van der Waals surface area contributed by atoms with Gasteiger partial charge in [-0.25, -0.2) is 9.59 Å². The SMILES string of the molecule is CCOC(=O)C1=C(C)NC(=O)N[C@]12C(=O)N(C)c1ccccc12. The molecule has 7 heteroatoms. The molecule has 0 aromatic heterocycles. The van der Waals surface area contributed by atoms with E-state index in [0.717, 1.165) is 0 Å². The number of ether oxygens (including phenoxy) is 1. The number of benzene rings is 1. The van der Waals surface area contributed by atoms with Crippen molar-refractivity contribution in [2.24, 2.45) is 0 Å². The normalized spacial score (nSPS) is 22.8. The maximum atomic E-state index is 13.0. The molecule has 120 valence electrons. The van der Waals surface area contributed by atoms with Crippen molar-refractivity contribution in [3.05, 3.63) is 41.1 Å². The van der Waals surface area contributed by atoms with Crippen molar-refractivity contribution in [3.8, 4) is 0 Å². The van der Waals surface area contributed by atoms with Crippen LogP contribution in [0.5, 0.6) is 0 Å². The molecule has 1 aromatic carbocycles. The molecule has 1 aromatic rings. The second-order valence-electron chi connectivity index (χ2n) is 5.43. The van der Waals surface area contributed by atoms with Gasteiger partial charge in [0.1, 0.15) is 0 Å². The third-order valence-electron chi connectivity index (χ3n) is 4.13. The summed E-state index contributed by atoms with van der Waals surface area (Å²) in [5.74, 6) is -1.02. The number of para-hydroxylation sites is 1. The zero-order chi connectivity index (χ0) is 16.8. The molecule has 1 atom stereocenters. The minimum atomic E-state index is -1.55. The van der Waals surface area contributed by atoms with Gasteiger partial charge in [-0.1, -0.05) is 18.2 Å². The van der Waals surface area contributed by atoms with Crippen LogP contribution in [0.3, 0.4) is 0 Å². The Bertz CT molecular complexity index is 755. The van der Waals surface area contributed by atoms with Crippen molar-refractivity contribution in [2.45, 2.75) is 19.4 Å². The molecule has 0 saturated carbocycles. The van der Waals surface area contributed by atoms with Crippen LogP contribution in [0.25, 0.3) is 0 Å². The summed E-state index contributed by atoms with van der Waals surface area (Å²) >= 11 is 0. The molecule has 7 nitrogen and oxygen atoms in total. The first-order valence-electron chi connectivity index (χ1n) is 7.28. The molecule has 0 bridgehead atoms. The predicted molar refractivity (Wildman–Crippen MR) is 82.5 cm³/mol. The molecule has 3 rings (SSSR count). The van der Waals surface area contributed by atoms with Crippen molar-refractivity contribution in [1.82, 2.24) is 10.6 Å². The predicted octanol–water partition coefficient (Wildman–Crippen LogP) is 1.01. The summed E-state index contributed by atoms with van der Waals surface area (Å²) in [7, 11) is 1.61. The lowest BCUT2D eigenvalue weighted by Crippen LogP contribution is -2.61. The van der Waals surface area contributed by atoms with E-state index in [0.29, 0.717) is 16.9 Å². The Kier molecular flexibility index (Phi) is 3.35. The highest BCUT2D eigenvalue weighted by Gasteiger charge is 2.58. The molecule has 0 saturated heterocycles. The quantitative estimate of drug-likeness (QED) is 0.797. The molecule has 1 spiro atoms. The van der Waals surface area contributed by atoms with E-state index in [1.165, 1.54) is 4.90 Å². The first kappa shape index (κ1) is 15.1. The Balaban J connectivity index is 2.30. The van der Waals surface area contributed by atoms with Gasteiger partial charge < -0.3 is 20.3 Å². The summed E-state index contributed by atoms with van der Waals surface area (Å²) in [4.78, 5) is 39.0. The molecular formula is C16H17N3O4. The van der Waals surface area contributed by atoms with Gasteiger partial charge in [0, 0.05) is 24.0 Å². The smallest absolute Gasteiger partial charge is 0.339 e. The van der Waals surface area contributed by atoms with Crippen LogP contribution in [-0.2, 0) is 19.9 Å². The summed E-state index contributed by atoms with van der Waals surface area (Å²) in [5, 5.41) is 5.19. The lowest BCUT2D eigenvalue weighted by Gasteiger charge is -2.35. The summed E-state index contributed by atoms with van der Waals surface area (Å²) in [6, 6.07) is 6.53. The number of nitrogens with one attached hydrogen (secondary N) is 2. The molecule has 2 N–H and O–H groups in total. The maximum Gasteiger partial charge on any atom is 0.339 e. The molecule has 0 fully saturated rings. The molecule has 23 heavy (non-hydrogen) atoms. The molecule has 0 radical (unpaired) electrons. The molecule has 3 amide bonds. The van der Waals surface area contributed by atoms with Crippen molar-refractivity contribution in [2.75, 3.05) is 18.6 Å². The lowest BCUT2D eigenvalue weighted by molar-refractivity contribution is -0.141. The number of allylic oxidation sites excluding steroid dienone is 1. The van der Waals surface area contributed by atoms with Crippen LogP contribution in [0.1, 0.15) is 19.4 Å². The van der Waals surface area contributed by atoms with Crippen LogP contribution in [0.15, 0.2) is 35.5 Å². The number of esters is 1. The third-order valence-corrected chi connectivity index (χ3v) is 4.13. The second-order valence-corrected chi connectivity index (χ2v) is 5.43. The van der Waals surface area contributed by atoms with Gasteiger partial charge in [0.25, 0.3) is 5.91 Å². The Morgan fingerprint density at radius 3 is 2.70 bits per heavy atom. The molecule has 2 aliphatic rings. The molecule has 0 unspecified atom stereocenters. The van der Waals surface area contributed by atoms with Gasteiger partial charge in [0.05, 0.1) is 12.2 Å². The largest absolute Gasteiger partial charge is 0.462 e. The number of nitrogens with zero attached hydrogens (tertiary/aromatic N) is 1. The monoisotopic (exact) mass is 315 g/mol. The van der Waals surface area contributed by atoms with Crippen LogP contribution >= 0.6 is 0 Å². The molecule has 2 aliphatic heterocycles. The fraction of sp³-hybridized carbons (Fsp3) is 0.312. The van der Waals surface area contributed by atoms with Gasteiger partial charge in [-0.15, -0.1) is 0 Å². The van der Waals surface area contributed by atoms with Crippen LogP contribution in [0, 0.1) is 0 Å². The molecule has 0 aliphatic carbocycles. The third kappa shape index (κ3) is 1.93. The lowest BCUT2D eigenvalue weighted by atomic mass is 9.81. The van der Waals surface area contributed by atoms with E-state index in [2.05, 4.69) is 10.6 Å². The first-order chi connectivity index (χ1) is 10.9. The second kappa shape index (κ2) is 5.12. The van der Waals surface area contributed by atoms with Gasteiger partial charge in [-0.05, 0) is 19.9 Å². The van der Waals surface area contributed by atoms with Crippen molar-refractivity contribution < 1.29 is 19.1 Å². The van der Waals surface area contributed by atoms with Gasteiger partial charge in [-0.3, -0.25) is 4.79 Å². The highest BCUT2D eigenvalue weighted by Crippen LogP contribution is 2.45. The summed E-state index contributed by atoms with van der Waals surface area (Å²) in [6.45, 7) is 3.44. The molecular weight excluding hydrogens is 298 g/mol. The van der Waals surface area contributed by atoms with E-state index < -0.39 is 23.4 Å². The van der Waals surface area contributed by atoms with E-state index in [1.54, 1.807) is 45.2 Å². The summed E-state index contributed by atoms with van der Waals surface area (Å²) in [5.41, 5.74) is 0.0785. The highest BCUT2D eigenvalue weighted by molar-refractivity contribution is 6.17. The number of anilines is 1. The number of carbonyl (C=O) groups is 3. The van der Waals surface area contributed by atoms with Crippen LogP contribution < -0.4 is 15.5 Å².